The lowest BCUT2D eigenvalue weighted by molar-refractivity contribution is -0.114. The Morgan fingerprint density at radius 1 is 1.00 bits per heavy atom. The van der Waals surface area contributed by atoms with Crippen LogP contribution in [0.25, 0.3) is 0 Å². The van der Waals surface area contributed by atoms with Gasteiger partial charge in [0, 0.05) is 30.2 Å². The molecule has 1 aliphatic rings. The Bertz CT molecular complexity index is 752. The van der Waals surface area contributed by atoms with Crippen LogP contribution < -0.4 is 21.3 Å². The molecule has 2 aromatic carbocycles. The number of carbonyl (C=O) groups is 2. The summed E-state index contributed by atoms with van der Waals surface area (Å²) in [4.78, 5) is 25.8. The quantitative estimate of drug-likeness (QED) is 0.755. The highest BCUT2D eigenvalue weighted by atomic mass is 16.2. The average Bonchev–Trinajstić information content (AvgIpc) is 3.15. The predicted octanol–water partition coefficient (Wildman–Crippen LogP) is 2.44. The summed E-state index contributed by atoms with van der Waals surface area (Å²) in [6.45, 7) is 2.24. The van der Waals surface area contributed by atoms with E-state index in [2.05, 4.69) is 15.5 Å². The number of nitrogens with one attached hydrogen (secondary N) is 2. The summed E-state index contributed by atoms with van der Waals surface area (Å²) < 4.78 is 0. The third-order valence-corrected chi connectivity index (χ3v) is 4.25. The van der Waals surface area contributed by atoms with E-state index in [-0.39, 0.29) is 12.5 Å². The standard InChI is InChI=1S/C19H22N4O2/c20-19(25)16-5-1-2-6-17(16)21-13-18(24)22-14-7-9-15(10-8-14)23-11-3-4-12-23/h1-2,5-10,21H,3-4,11-13H2,(H2,20,25)(H,22,24). The van der Waals surface area contributed by atoms with Crippen LogP contribution in [0.4, 0.5) is 17.1 Å². The predicted molar refractivity (Wildman–Crippen MR) is 100.0 cm³/mol. The van der Waals surface area contributed by atoms with Crippen LogP contribution in [-0.2, 0) is 4.79 Å². The zero-order chi connectivity index (χ0) is 17.6. The first-order chi connectivity index (χ1) is 12.1. The lowest BCUT2D eigenvalue weighted by atomic mass is 10.1. The van der Waals surface area contributed by atoms with Crippen molar-refractivity contribution in [1.29, 1.82) is 0 Å². The lowest BCUT2D eigenvalue weighted by Crippen LogP contribution is -2.23. The average molecular weight is 338 g/mol. The molecule has 1 fully saturated rings. The van der Waals surface area contributed by atoms with E-state index in [0.717, 1.165) is 18.8 Å². The maximum atomic E-state index is 12.1. The number of nitrogens with two attached hydrogens (primary N) is 1. The SMILES string of the molecule is NC(=O)c1ccccc1NCC(=O)Nc1ccc(N2CCCC2)cc1. The zero-order valence-electron chi connectivity index (χ0n) is 14.0. The summed E-state index contributed by atoms with van der Waals surface area (Å²) in [6.07, 6.45) is 2.47. The molecule has 0 saturated carbocycles. The van der Waals surface area contributed by atoms with Crippen molar-refractivity contribution in [2.45, 2.75) is 12.8 Å². The fourth-order valence-corrected chi connectivity index (χ4v) is 2.96. The summed E-state index contributed by atoms with van der Waals surface area (Å²) in [5.74, 6) is -0.714. The van der Waals surface area contributed by atoms with Crippen molar-refractivity contribution in [2.75, 3.05) is 35.2 Å². The van der Waals surface area contributed by atoms with E-state index in [1.165, 1.54) is 18.5 Å². The van der Waals surface area contributed by atoms with Crippen LogP contribution in [0.1, 0.15) is 23.2 Å². The summed E-state index contributed by atoms with van der Waals surface area (Å²) >= 11 is 0. The van der Waals surface area contributed by atoms with Gasteiger partial charge in [0.2, 0.25) is 5.91 Å². The van der Waals surface area contributed by atoms with Crippen molar-refractivity contribution in [2.24, 2.45) is 5.73 Å². The first kappa shape index (κ1) is 16.8. The first-order valence-corrected chi connectivity index (χ1v) is 8.41. The Balaban J connectivity index is 1.55. The van der Waals surface area contributed by atoms with Crippen LogP contribution in [0.15, 0.2) is 48.5 Å². The van der Waals surface area contributed by atoms with Gasteiger partial charge >= 0.3 is 0 Å². The van der Waals surface area contributed by atoms with Crippen LogP contribution in [0.2, 0.25) is 0 Å². The van der Waals surface area contributed by atoms with Crippen molar-refractivity contribution in [3.05, 3.63) is 54.1 Å². The van der Waals surface area contributed by atoms with Gasteiger partial charge in [-0.25, -0.2) is 0 Å². The van der Waals surface area contributed by atoms with Crippen LogP contribution >= 0.6 is 0 Å². The molecule has 6 heteroatoms. The van der Waals surface area contributed by atoms with Crippen molar-refractivity contribution in [3.63, 3.8) is 0 Å². The number of amides is 2. The Morgan fingerprint density at radius 3 is 2.36 bits per heavy atom. The normalized spacial score (nSPS) is 13.5. The van der Waals surface area contributed by atoms with Gasteiger partial charge in [0.05, 0.1) is 12.1 Å². The fourth-order valence-electron chi connectivity index (χ4n) is 2.96. The molecule has 0 aliphatic carbocycles. The number of carbonyl (C=O) groups excluding carboxylic acids is 2. The van der Waals surface area contributed by atoms with E-state index in [1.807, 2.05) is 24.3 Å². The molecule has 2 amide bonds. The molecule has 0 atom stereocenters. The molecule has 1 heterocycles. The highest BCUT2D eigenvalue weighted by Crippen LogP contribution is 2.22. The maximum absolute atomic E-state index is 12.1. The van der Waals surface area contributed by atoms with Crippen LogP contribution in [0.3, 0.4) is 0 Å². The smallest absolute Gasteiger partial charge is 0.250 e. The molecule has 0 spiro atoms. The van der Waals surface area contributed by atoms with E-state index in [1.54, 1.807) is 24.3 Å². The number of anilines is 3. The number of hydrogen-bond acceptors (Lipinski definition) is 4. The number of hydrogen-bond donors (Lipinski definition) is 3. The Kier molecular flexibility index (Phi) is 5.18. The molecular formula is C19H22N4O2. The van der Waals surface area contributed by atoms with E-state index in [0.29, 0.717) is 11.3 Å². The van der Waals surface area contributed by atoms with E-state index >= 15 is 0 Å². The molecular weight excluding hydrogens is 316 g/mol. The molecule has 6 nitrogen and oxygen atoms in total. The Morgan fingerprint density at radius 2 is 1.68 bits per heavy atom. The minimum Gasteiger partial charge on any atom is -0.376 e. The zero-order valence-corrected chi connectivity index (χ0v) is 14.0. The molecule has 25 heavy (non-hydrogen) atoms. The summed E-state index contributed by atoms with van der Waals surface area (Å²) in [7, 11) is 0. The second kappa shape index (κ2) is 7.70. The van der Waals surface area contributed by atoms with Crippen molar-refractivity contribution < 1.29 is 9.59 Å². The summed E-state index contributed by atoms with van der Waals surface area (Å²) in [5, 5.41) is 5.79. The van der Waals surface area contributed by atoms with Crippen LogP contribution in [0.5, 0.6) is 0 Å². The Labute approximate surface area is 147 Å². The topological polar surface area (TPSA) is 87.5 Å². The number of primary amides is 1. The lowest BCUT2D eigenvalue weighted by Gasteiger charge is -2.18. The van der Waals surface area contributed by atoms with Gasteiger partial charge in [-0.15, -0.1) is 0 Å². The van der Waals surface area contributed by atoms with Crippen molar-refractivity contribution in [3.8, 4) is 0 Å². The van der Waals surface area contributed by atoms with Gasteiger partial charge in [-0.1, -0.05) is 12.1 Å². The minimum atomic E-state index is -0.527. The summed E-state index contributed by atoms with van der Waals surface area (Å²) in [5.41, 5.74) is 8.18. The molecule has 1 aliphatic heterocycles. The molecule has 130 valence electrons. The van der Waals surface area contributed by atoms with Crippen molar-refractivity contribution >= 4 is 28.9 Å². The number of para-hydroxylation sites is 1. The minimum absolute atomic E-state index is 0.0537. The van der Waals surface area contributed by atoms with Gasteiger partial charge in [-0.05, 0) is 49.2 Å². The van der Waals surface area contributed by atoms with Gasteiger partial charge in [0.15, 0.2) is 0 Å². The molecule has 4 N–H and O–H groups in total. The second-order valence-electron chi connectivity index (χ2n) is 6.05. The molecule has 0 bridgehead atoms. The van der Waals surface area contributed by atoms with Crippen LogP contribution in [0, 0.1) is 0 Å². The van der Waals surface area contributed by atoms with Gasteiger partial charge in [-0.2, -0.15) is 0 Å². The Hall–Kier alpha value is -3.02. The van der Waals surface area contributed by atoms with Crippen LogP contribution in [-0.4, -0.2) is 31.4 Å². The molecule has 0 aromatic heterocycles. The molecule has 1 saturated heterocycles. The number of nitrogens with zero attached hydrogens (tertiary/aromatic N) is 1. The number of benzene rings is 2. The van der Waals surface area contributed by atoms with Gasteiger partial charge in [0.25, 0.3) is 5.91 Å². The van der Waals surface area contributed by atoms with E-state index < -0.39 is 5.91 Å². The molecule has 0 radical (unpaired) electrons. The summed E-state index contributed by atoms with van der Waals surface area (Å²) in [6, 6.07) is 14.7. The third kappa shape index (κ3) is 4.29. The van der Waals surface area contributed by atoms with E-state index in [4.69, 9.17) is 5.73 Å². The largest absolute Gasteiger partial charge is 0.376 e. The highest BCUT2D eigenvalue weighted by Gasteiger charge is 2.12. The van der Waals surface area contributed by atoms with Gasteiger partial charge in [0.1, 0.15) is 0 Å². The van der Waals surface area contributed by atoms with Gasteiger partial charge < -0.3 is 21.3 Å². The molecule has 0 unspecified atom stereocenters. The van der Waals surface area contributed by atoms with Gasteiger partial charge in [-0.3, -0.25) is 9.59 Å². The number of rotatable bonds is 6. The fraction of sp³-hybridized carbons (Fsp3) is 0.263. The second-order valence-corrected chi connectivity index (χ2v) is 6.05. The molecule has 2 aromatic rings. The molecule has 3 rings (SSSR count). The third-order valence-electron chi connectivity index (χ3n) is 4.25. The highest BCUT2D eigenvalue weighted by molar-refractivity contribution is 6.00. The maximum Gasteiger partial charge on any atom is 0.250 e. The monoisotopic (exact) mass is 338 g/mol. The van der Waals surface area contributed by atoms with E-state index in [9.17, 15) is 9.59 Å². The van der Waals surface area contributed by atoms with Crippen molar-refractivity contribution in [1.82, 2.24) is 0 Å². The first-order valence-electron chi connectivity index (χ1n) is 8.41.